The fourth-order valence-corrected chi connectivity index (χ4v) is 4.05. The first-order chi connectivity index (χ1) is 13.5. The molecule has 2 amide bonds. The summed E-state index contributed by atoms with van der Waals surface area (Å²) in [5.41, 5.74) is 2.01. The van der Waals surface area contributed by atoms with Crippen molar-refractivity contribution >= 4 is 34.5 Å². The van der Waals surface area contributed by atoms with Gasteiger partial charge in [-0.1, -0.05) is 30.4 Å². The zero-order chi connectivity index (χ0) is 19.8. The highest BCUT2D eigenvalue weighted by Gasteiger charge is 2.47. The number of aromatic amines is 1. The van der Waals surface area contributed by atoms with Crippen LogP contribution in [0, 0.1) is 18.8 Å². The maximum absolute atomic E-state index is 12.6. The SMILES string of the molecule is Cc1[nH]c2ccccc2c1C(=O)COC(=O)CN1C(=O)C2CC=CCC2C1=O. The third-order valence-corrected chi connectivity index (χ3v) is 5.42. The predicted octanol–water partition coefficient (Wildman–Crippen LogP) is 2.15. The number of esters is 1. The van der Waals surface area contributed by atoms with Gasteiger partial charge >= 0.3 is 5.97 Å². The highest BCUT2D eigenvalue weighted by Crippen LogP contribution is 2.34. The van der Waals surface area contributed by atoms with Crippen LogP contribution in [0.3, 0.4) is 0 Å². The molecule has 1 aliphatic carbocycles. The lowest BCUT2D eigenvalue weighted by molar-refractivity contribution is -0.152. The predicted molar refractivity (Wildman–Crippen MR) is 100 cm³/mol. The zero-order valence-electron chi connectivity index (χ0n) is 15.4. The Balaban J connectivity index is 1.39. The van der Waals surface area contributed by atoms with E-state index in [9.17, 15) is 19.2 Å². The molecule has 1 aliphatic heterocycles. The number of rotatable bonds is 5. The van der Waals surface area contributed by atoms with Gasteiger partial charge in [-0.15, -0.1) is 0 Å². The minimum atomic E-state index is -0.765. The van der Waals surface area contributed by atoms with E-state index >= 15 is 0 Å². The Bertz CT molecular complexity index is 993. The normalized spacial score (nSPS) is 21.2. The summed E-state index contributed by atoms with van der Waals surface area (Å²) < 4.78 is 5.08. The van der Waals surface area contributed by atoms with Gasteiger partial charge in [0.2, 0.25) is 17.6 Å². The number of imide groups is 1. The van der Waals surface area contributed by atoms with Crippen LogP contribution in [0.15, 0.2) is 36.4 Å². The van der Waals surface area contributed by atoms with E-state index in [2.05, 4.69) is 4.98 Å². The Labute approximate surface area is 161 Å². The molecule has 7 nitrogen and oxygen atoms in total. The van der Waals surface area contributed by atoms with E-state index < -0.39 is 19.1 Å². The van der Waals surface area contributed by atoms with Crippen molar-refractivity contribution in [1.29, 1.82) is 0 Å². The number of nitrogens with one attached hydrogen (secondary N) is 1. The van der Waals surface area contributed by atoms with Crippen molar-refractivity contribution in [3.63, 3.8) is 0 Å². The highest BCUT2D eigenvalue weighted by molar-refractivity contribution is 6.10. The Morgan fingerprint density at radius 1 is 1.11 bits per heavy atom. The second kappa shape index (κ2) is 7.07. The smallest absolute Gasteiger partial charge is 0.326 e. The van der Waals surface area contributed by atoms with Crippen molar-refractivity contribution in [3.05, 3.63) is 47.7 Å². The summed E-state index contributed by atoms with van der Waals surface area (Å²) in [6.07, 6.45) is 4.80. The number of hydrogen-bond acceptors (Lipinski definition) is 5. The summed E-state index contributed by atoms with van der Waals surface area (Å²) >= 11 is 0. The lowest BCUT2D eigenvalue weighted by Gasteiger charge is -2.14. The molecule has 0 radical (unpaired) electrons. The summed E-state index contributed by atoms with van der Waals surface area (Å²) in [5.74, 6) is -2.55. The van der Waals surface area contributed by atoms with E-state index in [1.165, 1.54) is 0 Å². The first kappa shape index (κ1) is 18.2. The van der Waals surface area contributed by atoms with Crippen molar-refractivity contribution in [3.8, 4) is 0 Å². The molecule has 0 bridgehead atoms. The van der Waals surface area contributed by atoms with Gasteiger partial charge in [0.1, 0.15) is 6.54 Å². The largest absolute Gasteiger partial charge is 0.456 e. The number of carbonyl (C=O) groups excluding carboxylic acids is 4. The van der Waals surface area contributed by atoms with Gasteiger partial charge in [-0.25, -0.2) is 0 Å². The summed E-state index contributed by atoms with van der Waals surface area (Å²) in [4.78, 5) is 53.6. The molecule has 7 heteroatoms. The summed E-state index contributed by atoms with van der Waals surface area (Å²) in [5, 5.41) is 0.766. The maximum atomic E-state index is 12.6. The van der Waals surface area contributed by atoms with Crippen molar-refractivity contribution in [2.45, 2.75) is 19.8 Å². The average Bonchev–Trinajstić information content (AvgIpc) is 3.15. The first-order valence-corrected chi connectivity index (χ1v) is 9.23. The van der Waals surface area contributed by atoms with E-state index in [1.54, 1.807) is 6.92 Å². The molecule has 0 spiro atoms. The van der Waals surface area contributed by atoms with Gasteiger partial charge in [-0.3, -0.25) is 24.1 Å². The van der Waals surface area contributed by atoms with E-state index in [1.807, 2.05) is 36.4 Å². The zero-order valence-corrected chi connectivity index (χ0v) is 15.4. The number of ether oxygens (including phenoxy) is 1. The quantitative estimate of drug-likeness (QED) is 0.371. The summed E-state index contributed by atoms with van der Waals surface area (Å²) in [6.45, 7) is 0.892. The number of fused-ring (bicyclic) bond motifs is 2. The van der Waals surface area contributed by atoms with Crippen LogP contribution >= 0.6 is 0 Å². The average molecular weight is 380 g/mol. The van der Waals surface area contributed by atoms with Gasteiger partial charge in [0.15, 0.2) is 6.61 Å². The van der Waals surface area contributed by atoms with Crippen LogP contribution in [-0.2, 0) is 19.1 Å². The molecule has 1 N–H and O–H groups in total. The van der Waals surface area contributed by atoms with Crippen LogP contribution in [0.1, 0.15) is 28.9 Å². The summed E-state index contributed by atoms with van der Waals surface area (Å²) in [6, 6.07) is 7.39. The molecule has 1 aromatic heterocycles. The number of para-hydroxylation sites is 1. The Kier molecular flexibility index (Phi) is 4.58. The molecule has 2 unspecified atom stereocenters. The summed E-state index contributed by atoms with van der Waals surface area (Å²) in [7, 11) is 0. The van der Waals surface area contributed by atoms with Crippen LogP contribution in [0.25, 0.3) is 10.9 Å². The number of aromatic nitrogens is 1. The molecular weight excluding hydrogens is 360 g/mol. The Hall–Kier alpha value is -3.22. The van der Waals surface area contributed by atoms with Gasteiger partial charge < -0.3 is 9.72 Å². The van der Waals surface area contributed by atoms with Gasteiger partial charge in [0, 0.05) is 22.2 Å². The molecule has 2 atom stereocenters. The van der Waals surface area contributed by atoms with E-state index in [0.29, 0.717) is 24.1 Å². The number of hydrogen-bond donors (Lipinski definition) is 1. The Morgan fingerprint density at radius 3 is 2.43 bits per heavy atom. The van der Waals surface area contributed by atoms with Crippen molar-refractivity contribution in [1.82, 2.24) is 9.88 Å². The van der Waals surface area contributed by atoms with Crippen LogP contribution in [0.4, 0.5) is 0 Å². The number of allylic oxidation sites excluding steroid dienone is 2. The van der Waals surface area contributed by atoms with Crippen LogP contribution in [0.2, 0.25) is 0 Å². The molecule has 144 valence electrons. The van der Waals surface area contributed by atoms with E-state index in [0.717, 1.165) is 15.8 Å². The lowest BCUT2D eigenvalue weighted by Crippen LogP contribution is -2.37. The number of ketones is 1. The number of likely N-dealkylation sites (tertiary alicyclic amines) is 1. The minimum Gasteiger partial charge on any atom is -0.456 e. The van der Waals surface area contributed by atoms with Crippen LogP contribution in [-0.4, -0.2) is 46.6 Å². The second-order valence-electron chi connectivity index (χ2n) is 7.17. The number of amides is 2. The van der Waals surface area contributed by atoms with Crippen molar-refractivity contribution in [2.24, 2.45) is 11.8 Å². The van der Waals surface area contributed by atoms with Gasteiger partial charge in [-0.05, 0) is 25.8 Å². The highest BCUT2D eigenvalue weighted by atomic mass is 16.5. The molecule has 28 heavy (non-hydrogen) atoms. The number of aryl methyl sites for hydroxylation is 1. The molecule has 2 aromatic rings. The first-order valence-electron chi connectivity index (χ1n) is 9.23. The van der Waals surface area contributed by atoms with Gasteiger partial charge in [-0.2, -0.15) is 0 Å². The number of H-pyrrole nitrogens is 1. The van der Waals surface area contributed by atoms with Crippen molar-refractivity contribution in [2.75, 3.05) is 13.2 Å². The van der Waals surface area contributed by atoms with Crippen LogP contribution < -0.4 is 0 Å². The monoisotopic (exact) mass is 380 g/mol. The van der Waals surface area contributed by atoms with Crippen LogP contribution in [0.5, 0.6) is 0 Å². The third-order valence-electron chi connectivity index (χ3n) is 5.42. The molecule has 2 aliphatic rings. The molecule has 2 heterocycles. The Morgan fingerprint density at radius 2 is 1.75 bits per heavy atom. The second-order valence-corrected chi connectivity index (χ2v) is 7.17. The molecule has 0 saturated carbocycles. The van der Waals surface area contributed by atoms with Gasteiger partial charge in [0.25, 0.3) is 0 Å². The van der Waals surface area contributed by atoms with Gasteiger partial charge in [0.05, 0.1) is 11.8 Å². The fourth-order valence-electron chi connectivity index (χ4n) is 4.05. The molecule has 1 fully saturated rings. The van der Waals surface area contributed by atoms with E-state index in [4.69, 9.17) is 4.74 Å². The lowest BCUT2D eigenvalue weighted by atomic mass is 9.85. The molecule has 4 rings (SSSR count). The van der Waals surface area contributed by atoms with Crippen molar-refractivity contribution < 1.29 is 23.9 Å². The molecule has 1 saturated heterocycles. The number of nitrogens with zero attached hydrogens (tertiary/aromatic N) is 1. The number of Topliss-reactive ketones (excluding diaryl/α,β-unsaturated/α-hetero) is 1. The maximum Gasteiger partial charge on any atom is 0.326 e. The standard InChI is InChI=1S/C21H20N2O5/c1-12-19(15-8-4-5-9-16(15)22-12)17(24)11-28-18(25)10-23-20(26)13-6-2-3-7-14(13)21(23)27/h2-5,8-9,13-14,22H,6-7,10-11H2,1H3. The third kappa shape index (κ3) is 3.02. The topological polar surface area (TPSA) is 96.5 Å². The number of carbonyl (C=O) groups is 4. The fraction of sp³-hybridized carbons (Fsp3) is 0.333. The minimum absolute atomic E-state index is 0.333. The van der Waals surface area contributed by atoms with E-state index in [-0.39, 0.29) is 29.4 Å². The number of benzene rings is 1. The molecule has 1 aromatic carbocycles. The molecular formula is C21H20N2O5.